The smallest absolute Gasteiger partial charge is 0.154 e. The number of carbonyl (C=O) groups excluding carboxylic acids is 1. The Morgan fingerprint density at radius 2 is 1.97 bits per heavy atom. The molecule has 0 aliphatic carbocycles. The van der Waals surface area contributed by atoms with E-state index in [1.165, 1.54) is 30.0 Å². The molecule has 0 unspecified atom stereocenters. The predicted octanol–water partition coefficient (Wildman–Crippen LogP) is 6.18. The van der Waals surface area contributed by atoms with Crippen molar-refractivity contribution in [1.29, 1.82) is 5.26 Å². The number of allylic oxidation sites excluding steroid dienone is 1. The van der Waals surface area contributed by atoms with Crippen LogP contribution < -0.4 is 5.32 Å². The molecule has 2 aromatic carbocycles. The number of fused-ring (bicyclic) bond motifs is 1. The van der Waals surface area contributed by atoms with E-state index >= 15 is 0 Å². The van der Waals surface area contributed by atoms with Crippen LogP contribution in [0.1, 0.15) is 11.9 Å². The second-order valence-corrected chi connectivity index (χ2v) is 8.33. The summed E-state index contributed by atoms with van der Waals surface area (Å²) in [7, 11) is 0. The number of thiazole rings is 1. The fourth-order valence-corrected chi connectivity index (χ4v) is 4.50. The normalized spacial score (nSPS) is 11.7. The molecule has 0 spiro atoms. The fourth-order valence-electron chi connectivity index (χ4n) is 2.80. The zero-order chi connectivity index (χ0) is 20.9. The number of thioether (sulfide) groups is 1. The van der Waals surface area contributed by atoms with Crippen molar-refractivity contribution in [2.24, 2.45) is 0 Å². The molecule has 148 valence electrons. The van der Waals surface area contributed by atoms with Crippen LogP contribution in [-0.2, 0) is 4.79 Å². The minimum atomic E-state index is 0.0340. The largest absolute Gasteiger partial charge is 0.454 e. The number of hydrogen-bond donors (Lipinski definition) is 1. The second-order valence-electron chi connectivity index (χ2n) is 6.48. The Hall–Kier alpha value is -3.34. The van der Waals surface area contributed by atoms with E-state index in [4.69, 9.17) is 4.42 Å². The van der Waals surface area contributed by atoms with Gasteiger partial charge < -0.3 is 9.73 Å². The number of nitrogens with zero attached hydrogens (tertiary/aromatic N) is 2. The molecule has 7 heteroatoms. The molecule has 0 atom stereocenters. The molecule has 0 bridgehead atoms. The van der Waals surface area contributed by atoms with E-state index in [0.717, 1.165) is 16.7 Å². The van der Waals surface area contributed by atoms with Crippen LogP contribution in [-0.4, -0.2) is 16.5 Å². The summed E-state index contributed by atoms with van der Waals surface area (Å²) in [5, 5.41) is 17.2. The first-order valence-corrected chi connectivity index (χ1v) is 11.0. The van der Waals surface area contributed by atoms with Crippen molar-refractivity contribution in [3.8, 4) is 17.5 Å². The third-order valence-corrected chi connectivity index (χ3v) is 6.19. The maximum Gasteiger partial charge on any atom is 0.154 e. The third-order valence-electron chi connectivity index (χ3n) is 4.19. The first kappa shape index (κ1) is 20.0. The van der Waals surface area contributed by atoms with Gasteiger partial charge in [-0.2, -0.15) is 5.26 Å². The Morgan fingerprint density at radius 1 is 1.20 bits per heavy atom. The molecule has 4 rings (SSSR count). The van der Waals surface area contributed by atoms with Gasteiger partial charge in [-0.05, 0) is 31.2 Å². The number of hydrogen-bond acceptors (Lipinski definition) is 7. The van der Waals surface area contributed by atoms with Gasteiger partial charge in [-0.1, -0.05) is 48.2 Å². The summed E-state index contributed by atoms with van der Waals surface area (Å²) in [4.78, 5) is 16.2. The van der Waals surface area contributed by atoms with Crippen LogP contribution in [0.25, 0.3) is 28.0 Å². The highest BCUT2D eigenvalue weighted by Crippen LogP contribution is 2.34. The van der Waals surface area contributed by atoms with Crippen LogP contribution >= 0.6 is 23.1 Å². The summed E-state index contributed by atoms with van der Waals surface area (Å²) >= 11 is 2.67. The first-order chi connectivity index (χ1) is 14.6. The maximum absolute atomic E-state index is 11.5. The van der Waals surface area contributed by atoms with Crippen molar-refractivity contribution in [2.45, 2.75) is 6.92 Å². The summed E-state index contributed by atoms with van der Waals surface area (Å²) in [6.07, 6.45) is 0. The van der Waals surface area contributed by atoms with Gasteiger partial charge in [-0.3, -0.25) is 4.79 Å². The highest BCUT2D eigenvalue weighted by Gasteiger charge is 2.17. The quantitative estimate of drug-likeness (QED) is 0.352. The number of rotatable bonds is 7. The third kappa shape index (κ3) is 4.46. The zero-order valence-electron chi connectivity index (χ0n) is 16.1. The SMILES string of the molecule is CC(=O)CS/C(Nc1ccccc1)=C(/C#N)c1nc(-c2cc3ccccc3o2)cs1. The molecule has 0 aliphatic rings. The fraction of sp³-hybridized carbons (Fsp3) is 0.0870. The molecule has 2 aromatic heterocycles. The van der Waals surface area contributed by atoms with Crippen LogP contribution in [0.2, 0.25) is 0 Å². The molecule has 0 aliphatic heterocycles. The predicted molar refractivity (Wildman–Crippen MR) is 123 cm³/mol. The summed E-state index contributed by atoms with van der Waals surface area (Å²) in [5.74, 6) is 0.957. The van der Waals surface area contributed by atoms with E-state index in [1.807, 2.05) is 66.0 Å². The lowest BCUT2D eigenvalue weighted by Crippen LogP contribution is -2.03. The number of aromatic nitrogens is 1. The summed E-state index contributed by atoms with van der Waals surface area (Å²) < 4.78 is 5.90. The number of Topliss-reactive ketones (excluding diaryl/α,β-unsaturated/α-hetero) is 1. The van der Waals surface area contributed by atoms with Crippen molar-refractivity contribution in [1.82, 2.24) is 4.98 Å². The molecule has 2 heterocycles. The number of nitrogens with one attached hydrogen (secondary N) is 1. The Balaban J connectivity index is 1.71. The topological polar surface area (TPSA) is 78.9 Å². The van der Waals surface area contributed by atoms with E-state index in [-0.39, 0.29) is 11.5 Å². The zero-order valence-corrected chi connectivity index (χ0v) is 17.7. The molecule has 5 nitrogen and oxygen atoms in total. The number of anilines is 1. The lowest BCUT2D eigenvalue weighted by molar-refractivity contribution is -0.114. The van der Waals surface area contributed by atoms with E-state index in [9.17, 15) is 10.1 Å². The van der Waals surface area contributed by atoms with E-state index in [1.54, 1.807) is 0 Å². The molecule has 0 radical (unpaired) electrons. The molecular weight excluding hydrogens is 414 g/mol. The number of carbonyl (C=O) groups is 1. The number of ketones is 1. The monoisotopic (exact) mass is 431 g/mol. The standard InChI is InChI=1S/C23H17N3O2S2/c1-15(27)13-29-22(25-17-8-3-2-4-9-17)18(12-24)23-26-19(14-30-23)21-11-16-7-5-6-10-20(16)28-21/h2-11,14,25H,13H2,1H3/b22-18-. The number of para-hydroxylation sites is 2. The molecular formula is C23H17N3O2S2. The molecule has 4 aromatic rings. The summed E-state index contributed by atoms with van der Waals surface area (Å²) in [6.45, 7) is 1.53. The van der Waals surface area contributed by atoms with Crippen LogP contribution in [0.5, 0.6) is 0 Å². The molecule has 0 saturated carbocycles. The number of benzene rings is 2. The minimum Gasteiger partial charge on any atom is -0.454 e. The van der Waals surface area contributed by atoms with Gasteiger partial charge in [0, 0.05) is 16.5 Å². The van der Waals surface area contributed by atoms with Crippen molar-refractivity contribution >= 4 is 51.1 Å². The van der Waals surface area contributed by atoms with Gasteiger partial charge in [0.25, 0.3) is 0 Å². The van der Waals surface area contributed by atoms with Gasteiger partial charge in [0.2, 0.25) is 0 Å². The highest BCUT2D eigenvalue weighted by molar-refractivity contribution is 8.04. The van der Waals surface area contributed by atoms with Crippen molar-refractivity contribution in [3.63, 3.8) is 0 Å². The number of furan rings is 1. The van der Waals surface area contributed by atoms with Gasteiger partial charge >= 0.3 is 0 Å². The Kier molecular flexibility index (Phi) is 5.98. The molecule has 0 fully saturated rings. The summed E-state index contributed by atoms with van der Waals surface area (Å²) in [6, 6.07) is 21.5. The lowest BCUT2D eigenvalue weighted by Gasteiger charge is -2.11. The molecule has 30 heavy (non-hydrogen) atoms. The van der Waals surface area contributed by atoms with Crippen molar-refractivity contribution < 1.29 is 9.21 Å². The highest BCUT2D eigenvalue weighted by atomic mass is 32.2. The average molecular weight is 432 g/mol. The average Bonchev–Trinajstić information content (AvgIpc) is 3.40. The van der Waals surface area contributed by atoms with E-state index < -0.39 is 0 Å². The van der Waals surface area contributed by atoms with E-state index in [2.05, 4.69) is 16.4 Å². The van der Waals surface area contributed by atoms with E-state index in [0.29, 0.717) is 27.1 Å². The van der Waals surface area contributed by atoms with Gasteiger partial charge in [-0.15, -0.1) is 11.3 Å². The minimum absolute atomic E-state index is 0.0340. The molecule has 1 N–H and O–H groups in total. The summed E-state index contributed by atoms with van der Waals surface area (Å²) in [5.41, 5.74) is 2.71. The first-order valence-electron chi connectivity index (χ1n) is 9.17. The van der Waals surface area contributed by atoms with Crippen LogP contribution in [0.15, 0.2) is 75.5 Å². The number of nitriles is 1. The van der Waals surface area contributed by atoms with Gasteiger partial charge in [-0.25, -0.2) is 4.98 Å². The van der Waals surface area contributed by atoms with Crippen LogP contribution in [0.4, 0.5) is 5.69 Å². The Morgan fingerprint density at radius 3 is 2.70 bits per heavy atom. The van der Waals surface area contributed by atoms with Crippen molar-refractivity contribution in [2.75, 3.05) is 11.1 Å². The maximum atomic E-state index is 11.5. The second kappa shape index (κ2) is 8.99. The Labute approximate surface area is 182 Å². The van der Waals surface area contributed by atoms with Gasteiger partial charge in [0.1, 0.15) is 33.7 Å². The Bertz CT molecular complexity index is 1230. The van der Waals surface area contributed by atoms with Gasteiger partial charge in [0.15, 0.2) is 5.76 Å². The van der Waals surface area contributed by atoms with Gasteiger partial charge in [0.05, 0.1) is 10.8 Å². The van der Waals surface area contributed by atoms with Crippen molar-refractivity contribution in [3.05, 3.63) is 76.1 Å². The lowest BCUT2D eigenvalue weighted by atomic mass is 10.2. The van der Waals surface area contributed by atoms with Crippen LogP contribution in [0.3, 0.4) is 0 Å². The van der Waals surface area contributed by atoms with Crippen LogP contribution in [0, 0.1) is 11.3 Å². The molecule has 0 amide bonds. The molecule has 0 saturated heterocycles.